The Balaban J connectivity index is 2.58. The summed E-state index contributed by atoms with van der Waals surface area (Å²) in [5.74, 6) is 0. The van der Waals surface area contributed by atoms with E-state index < -0.39 is 0 Å². The highest BCUT2D eigenvalue weighted by molar-refractivity contribution is 8.03. The minimum Gasteiger partial charge on any atom is -0.384 e. The standard InChI is InChI=1S/C11H17NS/c1-8(2)13-10(4)11-6-5-9(3)12-7-11/h5-6,8,12H,4,7H2,1-3H3. The Morgan fingerprint density at radius 1 is 1.54 bits per heavy atom. The Morgan fingerprint density at radius 3 is 2.69 bits per heavy atom. The van der Waals surface area contributed by atoms with Crippen molar-refractivity contribution >= 4 is 11.8 Å². The summed E-state index contributed by atoms with van der Waals surface area (Å²) in [5.41, 5.74) is 2.54. The molecule has 72 valence electrons. The molecule has 0 spiro atoms. The molecule has 1 N–H and O–H groups in total. The van der Waals surface area contributed by atoms with Crippen LogP contribution in [0.2, 0.25) is 0 Å². The van der Waals surface area contributed by atoms with Crippen LogP contribution < -0.4 is 5.32 Å². The van der Waals surface area contributed by atoms with Crippen LogP contribution in [-0.4, -0.2) is 11.8 Å². The van der Waals surface area contributed by atoms with Crippen LogP contribution in [0, 0.1) is 0 Å². The normalized spacial score (nSPS) is 16.3. The zero-order valence-electron chi connectivity index (χ0n) is 8.55. The van der Waals surface area contributed by atoms with Gasteiger partial charge in [0.2, 0.25) is 0 Å². The van der Waals surface area contributed by atoms with Gasteiger partial charge in [0.05, 0.1) is 0 Å². The Kier molecular flexibility index (Phi) is 3.67. The topological polar surface area (TPSA) is 12.0 Å². The van der Waals surface area contributed by atoms with Gasteiger partial charge in [0.15, 0.2) is 0 Å². The molecule has 1 aliphatic rings. The molecule has 0 saturated heterocycles. The lowest BCUT2D eigenvalue weighted by Crippen LogP contribution is -2.18. The molecule has 0 radical (unpaired) electrons. The molecule has 1 aliphatic heterocycles. The number of allylic oxidation sites excluding steroid dienone is 3. The average molecular weight is 195 g/mol. The van der Waals surface area contributed by atoms with E-state index in [1.54, 1.807) is 0 Å². The molecular formula is C11H17NS. The number of hydrogen-bond donors (Lipinski definition) is 1. The largest absolute Gasteiger partial charge is 0.384 e. The van der Waals surface area contributed by atoms with Crippen molar-refractivity contribution in [1.82, 2.24) is 5.32 Å². The molecule has 0 aromatic rings. The number of thioether (sulfide) groups is 1. The van der Waals surface area contributed by atoms with Crippen molar-refractivity contribution in [3.63, 3.8) is 0 Å². The Morgan fingerprint density at radius 2 is 2.23 bits per heavy atom. The minimum atomic E-state index is 0.611. The van der Waals surface area contributed by atoms with Crippen LogP contribution in [0.25, 0.3) is 0 Å². The fraction of sp³-hybridized carbons (Fsp3) is 0.455. The molecule has 1 rings (SSSR count). The molecule has 1 nitrogen and oxygen atoms in total. The number of hydrogen-bond acceptors (Lipinski definition) is 2. The lowest BCUT2D eigenvalue weighted by Gasteiger charge is -2.17. The molecule has 0 bridgehead atoms. The highest BCUT2D eigenvalue weighted by Crippen LogP contribution is 2.27. The van der Waals surface area contributed by atoms with E-state index in [2.05, 4.69) is 44.8 Å². The lowest BCUT2D eigenvalue weighted by molar-refractivity contribution is 0.866. The predicted octanol–water partition coefficient (Wildman–Crippen LogP) is 3.08. The van der Waals surface area contributed by atoms with Crippen molar-refractivity contribution in [2.24, 2.45) is 0 Å². The van der Waals surface area contributed by atoms with Crippen LogP contribution in [0.15, 0.2) is 34.9 Å². The Bertz CT molecular complexity index is 261. The lowest BCUT2D eigenvalue weighted by atomic mass is 10.2. The second-order valence-electron chi connectivity index (χ2n) is 3.48. The molecule has 0 atom stereocenters. The van der Waals surface area contributed by atoms with Crippen LogP contribution in [0.1, 0.15) is 20.8 Å². The zero-order valence-corrected chi connectivity index (χ0v) is 9.37. The van der Waals surface area contributed by atoms with Gasteiger partial charge in [-0.1, -0.05) is 26.5 Å². The van der Waals surface area contributed by atoms with E-state index in [1.165, 1.54) is 16.2 Å². The van der Waals surface area contributed by atoms with Crippen LogP contribution in [-0.2, 0) is 0 Å². The van der Waals surface area contributed by atoms with Gasteiger partial charge in [-0.15, -0.1) is 11.8 Å². The Labute approximate surface area is 85.0 Å². The highest BCUT2D eigenvalue weighted by Gasteiger charge is 2.07. The van der Waals surface area contributed by atoms with E-state index in [0.717, 1.165) is 6.54 Å². The summed E-state index contributed by atoms with van der Waals surface area (Å²) in [5, 5.41) is 3.92. The molecular weight excluding hydrogens is 178 g/mol. The predicted molar refractivity (Wildman–Crippen MR) is 61.7 cm³/mol. The van der Waals surface area contributed by atoms with Gasteiger partial charge in [-0.2, -0.15) is 0 Å². The van der Waals surface area contributed by atoms with Gasteiger partial charge in [-0.3, -0.25) is 0 Å². The van der Waals surface area contributed by atoms with E-state index in [1.807, 2.05) is 11.8 Å². The molecule has 0 saturated carbocycles. The maximum Gasteiger partial charge on any atom is 0.0408 e. The average Bonchev–Trinajstić information content (AvgIpc) is 2.04. The highest BCUT2D eigenvalue weighted by atomic mass is 32.2. The smallest absolute Gasteiger partial charge is 0.0408 e. The monoisotopic (exact) mass is 195 g/mol. The first-order valence-corrected chi connectivity index (χ1v) is 5.45. The molecule has 0 aliphatic carbocycles. The molecule has 0 aromatic heterocycles. The van der Waals surface area contributed by atoms with Crippen molar-refractivity contribution in [3.8, 4) is 0 Å². The molecule has 0 unspecified atom stereocenters. The van der Waals surface area contributed by atoms with E-state index in [4.69, 9.17) is 0 Å². The summed E-state index contributed by atoms with van der Waals surface area (Å²) in [7, 11) is 0. The van der Waals surface area contributed by atoms with Gasteiger partial charge in [0.25, 0.3) is 0 Å². The third kappa shape index (κ3) is 3.31. The quantitative estimate of drug-likeness (QED) is 0.742. The summed E-state index contributed by atoms with van der Waals surface area (Å²) in [6.07, 6.45) is 4.26. The molecule has 0 amide bonds. The minimum absolute atomic E-state index is 0.611. The van der Waals surface area contributed by atoms with Crippen molar-refractivity contribution in [2.75, 3.05) is 6.54 Å². The van der Waals surface area contributed by atoms with Crippen molar-refractivity contribution < 1.29 is 0 Å². The van der Waals surface area contributed by atoms with Gasteiger partial charge in [-0.25, -0.2) is 0 Å². The van der Waals surface area contributed by atoms with Crippen LogP contribution >= 0.6 is 11.8 Å². The van der Waals surface area contributed by atoms with E-state index in [-0.39, 0.29) is 0 Å². The third-order valence-electron chi connectivity index (χ3n) is 1.83. The fourth-order valence-corrected chi connectivity index (χ4v) is 1.99. The second kappa shape index (κ2) is 4.56. The molecule has 0 aromatic carbocycles. The number of nitrogens with one attached hydrogen (secondary N) is 1. The first-order chi connectivity index (χ1) is 6.09. The van der Waals surface area contributed by atoms with Crippen molar-refractivity contribution in [2.45, 2.75) is 26.0 Å². The summed E-state index contributed by atoms with van der Waals surface area (Å²) in [4.78, 5) is 1.19. The third-order valence-corrected chi connectivity index (χ3v) is 2.85. The summed E-state index contributed by atoms with van der Waals surface area (Å²) in [6.45, 7) is 11.4. The van der Waals surface area contributed by atoms with E-state index >= 15 is 0 Å². The molecule has 13 heavy (non-hydrogen) atoms. The summed E-state index contributed by atoms with van der Waals surface area (Å²) < 4.78 is 0. The van der Waals surface area contributed by atoms with Crippen molar-refractivity contribution in [1.29, 1.82) is 0 Å². The molecule has 0 fully saturated rings. The SMILES string of the molecule is C=C(SC(C)C)C1=CC=C(C)NC1. The second-order valence-corrected chi connectivity index (χ2v) is 5.16. The van der Waals surface area contributed by atoms with Gasteiger partial charge in [-0.05, 0) is 18.6 Å². The maximum absolute atomic E-state index is 4.07. The number of dihydropyridines is 1. The fourth-order valence-electron chi connectivity index (χ4n) is 1.13. The van der Waals surface area contributed by atoms with Crippen LogP contribution in [0.3, 0.4) is 0 Å². The summed E-state index contributed by atoms with van der Waals surface area (Å²) in [6, 6.07) is 0. The van der Waals surface area contributed by atoms with Gasteiger partial charge < -0.3 is 5.32 Å². The number of rotatable bonds is 3. The van der Waals surface area contributed by atoms with Crippen LogP contribution in [0.5, 0.6) is 0 Å². The Hall–Kier alpha value is -0.630. The maximum atomic E-state index is 4.07. The molecule has 2 heteroatoms. The zero-order chi connectivity index (χ0) is 9.84. The first kappa shape index (κ1) is 10.5. The van der Waals surface area contributed by atoms with Gasteiger partial charge in [0.1, 0.15) is 0 Å². The van der Waals surface area contributed by atoms with E-state index in [9.17, 15) is 0 Å². The van der Waals surface area contributed by atoms with Crippen molar-refractivity contribution in [3.05, 3.63) is 34.9 Å². The van der Waals surface area contributed by atoms with Gasteiger partial charge >= 0.3 is 0 Å². The van der Waals surface area contributed by atoms with Gasteiger partial charge in [0, 0.05) is 22.4 Å². The summed E-state index contributed by atoms with van der Waals surface area (Å²) >= 11 is 1.83. The van der Waals surface area contributed by atoms with Crippen LogP contribution in [0.4, 0.5) is 0 Å². The first-order valence-electron chi connectivity index (χ1n) is 4.57. The van der Waals surface area contributed by atoms with E-state index in [0.29, 0.717) is 5.25 Å². The molecule has 1 heterocycles.